The summed E-state index contributed by atoms with van der Waals surface area (Å²) in [6.07, 6.45) is 1.37. The van der Waals surface area contributed by atoms with Gasteiger partial charge in [0.15, 0.2) is 5.03 Å². The lowest BCUT2D eigenvalue weighted by Crippen LogP contribution is -2.06. The number of rotatable bonds is 4. The third kappa shape index (κ3) is 4.05. The summed E-state index contributed by atoms with van der Waals surface area (Å²) in [6.45, 7) is 4.10. The lowest BCUT2D eigenvalue weighted by atomic mass is 10.2. The summed E-state index contributed by atoms with van der Waals surface area (Å²) >= 11 is 3.23. The van der Waals surface area contributed by atoms with Crippen LogP contribution in [-0.4, -0.2) is 18.0 Å². The average molecular weight is 396 g/mol. The molecule has 4 nitrogen and oxygen atoms in total. The fourth-order valence-electron chi connectivity index (χ4n) is 2.01. The van der Waals surface area contributed by atoms with Crippen molar-refractivity contribution >= 4 is 35.7 Å². The smallest absolute Gasteiger partial charge is 0.280 e. The maximum absolute atomic E-state index is 13.4. The van der Waals surface area contributed by atoms with E-state index in [9.17, 15) is 12.8 Å². The van der Waals surface area contributed by atoms with E-state index in [1.807, 2.05) is 13.8 Å². The largest absolute Gasteiger partial charge is 0.329 e. The van der Waals surface area contributed by atoms with Crippen molar-refractivity contribution in [2.45, 2.75) is 31.3 Å². The summed E-state index contributed by atoms with van der Waals surface area (Å²) in [5.41, 5.74) is 0.694. The highest BCUT2D eigenvalue weighted by molar-refractivity contribution is 9.10. The summed E-state index contributed by atoms with van der Waals surface area (Å²) in [5, 5.41) is -0.191. The molecule has 2 rings (SSSR count). The molecule has 0 N–H and O–H groups in total. The minimum atomic E-state index is -3.89. The minimum absolute atomic E-state index is 0.00849. The molecule has 0 saturated heterocycles. The van der Waals surface area contributed by atoms with Crippen molar-refractivity contribution in [2.75, 3.05) is 0 Å². The monoisotopic (exact) mass is 394 g/mol. The number of imidazole rings is 1. The highest BCUT2D eigenvalue weighted by atomic mass is 79.9. The van der Waals surface area contributed by atoms with Crippen LogP contribution in [0.2, 0.25) is 0 Å². The molecule has 0 amide bonds. The number of hydrogen-bond acceptors (Lipinski definition) is 3. The van der Waals surface area contributed by atoms with E-state index in [4.69, 9.17) is 10.7 Å². The highest BCUT2D eigenvalue weighted by Gasteiger charge is 2.19. The lowest BCUT2D eigenvalue weighted by Gasteiger charge is -2.10. The second-order valence-electron chi connectivity index (χ2n) is 4.94. The topological polar surface area (TPSA) is 52.0 Å². The second-order valence-corrected chi connectivity index (χ2v) is 8.36. The van der Waals surface area contributed by atoms with E-state index in [1.165, 1.54) is 18.3 Å². The molecule has 21 heavy (non-hydrogen) atoms. The molecule has 1 aromatic heterocycles. The Morgan fingerprint density at radius 1 is 1.38 bits per heavy atom. The van der Waals surface area contributed by atoms with E-state index in [-0.39, 0.29) is 16.8 Å². The Morgan fingerprint density at radius 2 is 2.05 bits per heavy atom. The van der Waals surface area contributed by atoms with Crippen LogP contribution in [-0.2, 0) is 15.6 Å². The molecule has 0 fully saturated rings. The molecule has 2 aromatic rings. The summed E-state index contributed by atoms with van der Waals surface area (Å²) in [7, 11) is 1.44. The predicted molar refractivity (Wildman–Crippen MR) is 82.6 cm³/mol. The van der Waals surface area contributed by atoms with Crippen LogP contribution in [0.3, 0.4) is 0 Å². The maximum atomic E-state index is 13.4. The van der Waals surface area contributed by atoms with Gasteiger partial charge in [-0.3, -0.25) is 0 Å². The van der Waals surface area contributed by atoms with Crippen molar-refractivity contribution in [3.05, 3.63) is 46.1 Å². The van der Waals surface area contributed by atoms with Crippen LogP contribution in [0.5, 0.6) is 0 Å². The van der Waals surface area contributed by atoms with Gasteiger partial charge in [-0.25, -0.2) is 17.8 Å². The zero-order valence-corrected chi connectivity index (χ0v) is 14.5. The lowest BCUT2D eigenvalue weighted by molar-refractivity contribution is 0.606. The van der Waals surface area contributed by atoms with E-state index in [0.29, 0.717) is 22.4 Å². The van der Waals surface area contributed by atoms with Gasteiger partial charge in [-0.05, 0) is 23.8 Å². The summed E-state index contributed by atoms with van der Waals surface area (Å²) < 4.78 is 38.5. The molecular weight excluding hydrogens is 383 g/mol. The zero-order valence-electron chi connectivity index (χ0n) is 11.3. The minimum Gasteiger partial charge on any atom is -0.329 e. The summed E-state index contributed by atoms with van der Waals surface area (Å²) in [6, 6.07) is 4.52. The van der Waals surface area contributed by atoms with Gasteiger partial charge in [-0.1, -0.05) is 29.8 Å². The summed E-state index contributed by atoms with van der Waals surface area (Å²) in [4.78, 5) is 4.06. The van der Waals surface area contributed by atoms with Crippen LogP contribution in [0.4, 0.5) is 4.39 Å². The molecule has 1 aromatic carbocycles. The quantitative estimate of drug-likeness (QED) is 0.738. The van der Waals surface area contributed by atoms with Crippen LogP contribution >= 0.6 is 26.6 Å². The number of nitrogens with zero attached hydrogens (tertiary/aromatic N) is 2. The highest BCUT2D eigenvalue weighted by Crippen LogP contribution is 2.22. The number of halogens is 3. The van der Waals surface area contributed by atoms with E-state index in [0.717, 1.165) is 0 Å². The van der Waals surface area contributed by atoms with Gasteiger partial charge in [0.2, 0.25) is 0 Å². The van der Waals surface area contributed by atoms with Crippen LogP contribution in [0.1, 0.15) is 31.2 Å². The van der Waals surface area contributed by atoms with E-state index >= 15 is 0 Å². The van der Waals surface area contributed by atoms with Crippen LogP contribution in [0, 0.1) is 5.82 Å². The fraction of sp³-hybridized carbons (Fsp3) is 0.308. The van der Waals surface area contributed by atoms with Gasteiger partial charge in [0.25, 0.3) is 9.05 Å². The molecule has 0 spiro atoms. The van der Waals surface area contributed by atoms with Crippen molar-refractivity contribution in [1.29, 1.82) is 0 Å². The number of hydrogen-bond donors (Lipinski definition) is 0. The first-order chi connectivity index (χ1) is 9.66. The van der Waals surface area contributed by atoms with Gasteiger partial charge in [-0.15, -0.1) is 0 Å². The molecular formula is C13H13BrClFN2O2S. The SMILES string of the molecule is CC(C)c1nc(S(=O)(=O)Cl)cn1Cc1cc(F)cc(Br)c1. The Kier molecular flexibility index (Phi) is 4.75. The van der Waals surface area contributed by atoms with E-state index in [1.54, 1.807) is 10.6 Å². The van der Waals surface area contributed by atoms with Gasteiger partial charge in [0, 0.05) is 33.8 Å². The number of aromatic nitrogens is 2. The molecule has 0 saturated carbocycles. The van der Waals surface area contributed by atoms with Crippen molar-refractivity contribution in [3.8, 4) is 0 Å². The molecule has 1 heterocycles. The maximum Gasteiger partial charge on any atom is 0.280 e. The molecule has 0 radical (unpaired) electrons. The first-order valence-corrected chi connectivity index (χ1v) is 9.23. The van der Waals surface area contributed by atoms with Gasteiger partial charge >= 0.3 is 0 Å². The normalized spacial score (nSPS) is 12.1. The van der Waals surface area contributed by atoms with Gasteiger partial charge < -0.3 is 4.57 Å². The van der Waals surface area contributed by atoms with Crippen LogP contribution in [0.15, 0.2) is 33.9 Å². The zero-order chi connectivity index (χ0) is 15.8. The van der Waals surface area contributed by atoms with Crippen molar-refractivity contribution in [2.24, 2.45) is 0 Å². The van der Waals surface area contributed by atoms with Crippen molar-refractivity contribution in [1.82, 2.24) is 9.55 Å². The van der Waals surface area contributed by atoms with E-state index in [2.05, 4.69) is 20.9 Å². The Hall–Kier alpha value is -0.920. The predicted octanol–water partition coefficient (Wildman–Crippen LogP) is 3.88. The third-order valence-electron chi connectivity index (χ3n) is 2.83. The summed E-state index contributed by atoms with van der Waals surface area (Å²) in [5.74, 6) is 0.222. The van der Waals surface area contributed by atoms with Gasteiger partial charge in [-0.2, -0.15) is 0 Å². The third-order valence-corrected chi connectivity index (χ3v) is 4.46. The molecule has 0 aliphatic heterocycles. The molecule has 114 valence electrons. The Balaban J connectivity index is 2.45. The Morgan fingerprint density at radius 3 is 2.57 bits per heavy atom. The molecule has 0 aliphatic rings. The van der Waals surface area contributed by atoms with Crippen LogP contribution < -0.4 is 0 Å². The van der Waals surface area contributed by atoms with Gasteiger partial charge in [0.1, 0.15) is 11.6 Å². The molecule has 8 heteroatoms. The molecule has 0 atom stereocenters. The first kappa shape index (κ1) is 16.5. The molecule has 0 aliphatic carbocycles. The van der Waals surface area contributed by atoms with Gasteiger partial charge in [0.05, 0.1) is 0 Å². The number of benzene rings is 1. The second kappa shape index (κ2) is 6.06. The van der Waals surface area contributed by atoms with Crippen molar-refractivity contribution < 1.29 is 12.8 Å². The van der Waals surface area contributed by atoms with E-state index < -0.39 is 9.05 Å². The molecule has 0 unspecified atom stereocenters. The van der Waals surface area contributed by atoms with Crippen molar-refractivity contribution in [3.63, 3.8) is 0 Å². The molecule has 0 bridgehead atoms. The average Bonchev–Trinajstić information content (AvgIpc) is 2.71. The Labute approximate surface area is 135 Å². The van der Waals surface area contributed by atoms with Crippen LogP contribution in [0.25, 0.3) is 0 Å². The Bertz CT molecular complexity index is 754. The fourth-order valence-corrected chi connectivity index (χ4v) is 3.20. The standard InChI is InChI=1S/C13H13BrClFN2O2S/c1-8(2)13-17-12(21(15,19)20)7-18(13)6-9-3-10(14)5-11(16)4-9/h3-5,7-8H,6H2,1-2H3. The first-order valence-electron chi connectivity index (χ1n) is 6.13.